The summed E-state index contributed by atoms with van der Waals surface area (Å²) in [5.41, 5.74) is -0.833. The van der Waals surface area contributed by atoms with Gasteiger partial charge in [-0.05, 0) is 38.2 Å². The van der Waals surface area contributed by atoms with Gasteiger partial charge in [0.15, 0.2) is 5.78 Å². The summed E-state index contributed by atoms with van der Waals surface area (Å²) in [6.07, 6.45) is 14.9. The van der Waals surface area contributed by atoms with Crippen molar-refractivity contribution in [2.45, 2.75) is 71.6 Å². The number of unbranched alkanes of at least 4 members (excludes halogenated alkanes) is 3. The molecule has 1 atom stereocenters. The molecular weight excluding hydrogens is 396 g/mol. The number of ketones is 1. The number of rotatable bonds is 13. The van der Waals surface area contributed by atoms with E-state index in [1.165, 1.54) is 13.2 Å². The number of carbonyl (C=O) groups is 2. The van der Waals surface area contributed by atoms with Crippen molar-refractivity contribution in [3.8, 4) is 5.75 Å². The maximum absolute atomic E-state index is 12.6. The van der Waals surface area contributed by atoms with Crippen molar-refractivity contribution in [1.82, 2.24) is 0 Å². The number of esters is 1. The molecule has 0 saturated carbocycles. The lowest BCUT2D eigenvalue weighted by Crippen LogP contribution is -2.16. The van der Waals surface area contributed by atoms with Gasteiger partial charge in [0.1, 0.15) is 17.1 Å². The lowest BCUT2D eigenvalue weighted by molar-refractivity contribution is -0.139. The normalized spacial score (nSPS) is 13.1. The van der Waals surface area contributed by atoms with Crippen LogP contribution in [0.1, 0.15) is 87.8 Å². The van der Waals surface area contributed by atoms with Crippen LogP contribution in [0.15, 0.2) is 51.2 Å². The molecule has 0 radical (unpaired) electrons. The van der Waals surface area contributed by atoms with Crippen LogP contribution in [-0.4, -0.2) is 24.0 Å². The predicted molar refractivity (Wildman–Crippen MR) is 121 cm³/mol. The average molecular weight is 431 g/mol. The first-order valence-corrected chi connectivity index (χ1v) is 10.8. The zero-order valence-electron chi connectivity index (χ0n) is 19.0. The van der Waals surface area contributed by atoms with E-state index in [-0.39, 0.29) is 29.6 Å². The molecule has 0 fully saturated rings. The van der Waals surface area contributed by atoms with Gasteiger partial charge in [-0.1, -0.05) is 57.1 Å². The van der Waals surface area contributed by atoms with Crippen molar-refractivity contribution >= 4 is 11.8 Å². The molecule has 0 aliphatic heterocycles. The summed E-state index contributed by atoms with van der Waals surface area (Å²) in [5.74, 6) is -1.05. The van der Waals surface area contributed by atoms with Crippen molar-refractivity contribution in [1.29, 1.82) is 0 Å². The Balaban J connectivity index is 2.78. The van der Waals surface area contributed by atoms with Gasteiger partial charge >= 0.3 is 11.6 Å². The number of allylic oxidation sites excluding steroid dienone is 5. The third kappa shape index (κ3) is 9.20. The van der Waals surface area contributed by atoms with E-state index in [4.69, 9.17) is 4.42 Å². The van der Waals surface area contributed by atoms with Crippen molar-refractivity contribution in [2.24, 2.45) is 0 Å². The van der Waals surface area contributed by atoms with Crippen LogP contribution in [-0.2, 0) is 9.53 Å². The van der Waals surface area contributed by atoms with Crippen LogP contribution >= 0.6 is 0 Å². The second-order valence-electron chi connectivity index (χ2n) is 7.53. The zero-order valence-corrected chi connectivity index (χ0v) is 19.0. The molecule has 170 valence electrons. The van der Waals surface area contributed by atoms with E-state index in [2.05, 4.69) is 11.7 Å². The van der Waals surface area contributed by atoms with Gasteiger partial charge in [-0.2, -0.15) is 0 Å². The molecule has 6 heteroatoms. The molecule has 1 aromatic rings. The first-order valence-electron chi connectivity index (χ1n) is 10.8. The fourth-order valence-electron chi connectivity index (χ4n) is 2.91. The van der Waals surface area contributed by atoms with Crippen molar-refractivity contribution in [2.75, 3.05) is 7.11 Å². The maximum Gasteiger partial charge on any atom is 0.351 e. The molecular formula is C25H34O6. The van der Waals surface area contributed by atoms with Crippen LogP contribution in [0.4, 0.5) is 0 Å². The van der Waals surface area contributed by atoms with E-state index in [0.717, 1.165) is 25.7 Å². The molecule has 1 rings (SSSR count). The van der Waals surface area contributed by atoms with Crippen molar-refractivity contribution in [3.63, 3.8) is 0 Å². The highest BCUT2D eigenvalue weighted by molar-refractivity contribution is 6.09. The third-order valence-corrected chi connectivity index (χ3v) is 4.92. The summed E-state index contributed by atoms with van der Waals surface area (Å²) >= 11 is 0. The minimum Gasteiger partial charge on any atom is -0.507 e. The van der Waals surface area contributed by atoms with Gasteiger partial charge in [0.25, 0.3) is 0 Å². The Bertz CT molecular complexity index is 872. The highest BCUT2D eigenvalue weighted by atomic mass is 16.5. The minimum atomic E-state index is -0.840. The number of carbonyl (C=O) groups excluding carboxylic acids is 2. The SMILES string of the molecule is CCCCC/C=C/C=C(\C)C(=O)c1c(O)cc(C(C)CC/C=C/CC(=O)OC)oc1=O. The Hall–Kier alpha value is -2.89. The van der Waals surface area contributed by atoms with E-state index in [0.29, 0.717) is 24.2 Å². The standard InChI is InChI=1S/C25H34O6/c1-5-6-7-8-9-11-15-19(3)24(28)23-20(26)17-21(31-25(23)29)18(2)14-12-10-13-16-22(27)30-4/h9-11,13,15,17-18,26H,5-8,12,14,16H2,1-4H3/b11-9+,13-10+,19-15+. The first-order chi connectivity index (χ1) is 14.8. The number of hydrogen-bond donors (Lipinski definition) is 1. The number of methoxy groups -OCH3 is 1. The highest BCUT2D eigenvalue weighted by Crippen LogP contribution is 2.26. The topological polar surface area (TPSA) is 93.8 Å². The molecule has 0 bridgehead atoms. The molecule has 0 aromatic carbocycles. The van der Waals surface area contributed by atoms with Gasteiger partial charge in [-0.25, -0.2) is 4.79 Å². The summed E-state index contributed by atoms with van der Waals surface area (Å²) in [7, 11) is 1.34. The predicted octanol–water partition coefficient (Wildman–Crippen LogP) is 5.61. The maximum atomic E-state index is 12.6. The number of hydrogen-bond acceptors (Lipinski definition) is 6. The highest BCUT2D eigenvalue weighted by Gasteiger charge is 2.21. The van der Waals surface area contributed by atoms with Gasteiger partial charge < -0.3 is 14.3 Å². The smallest absolute Gasteiger partial charge is 0.351 e. The first kappa shape index (κ1) is 26.1. The molecule has 0 aliphatic carbocycles. The Morgan fingerprint density at radius 2 is 1.94 bits per heavy atom. The van der Waals surface area contributed by atoms with Crippen LogP contribution in [0.2, 0.25) is 0 Å². The van der Waals surface area contributed by atoms with E-state index in [1.807, 2.05) is 19.1 Å². The molecule has 1 unspecified atom stereocenters. The Morgan fingerprint density at radius 3 is 2.58 bits per heavy atom. The summed E-state index contributed by atoms with van der Waals surface area (Å²) in [4.78, 5) is 36.0. The second-order valence-corrected chi connectivity index (χ2v) is 7.53. The lowest BCUT2D eigenvalue weighted by atomic mass is 9.99. The summed E-state index contributed by atoms with van der Waals surface area (Å²) in [6, 6.07) is 1.34. The fourth-order valence-corrected chi connectivity index (χ4v) is 2.91. The molecule has 0 spiro atoms. The van der Waals surface area contributed by atoms with Crippen LogP contribution in [0.5, 0.6) is 5.75 Å². The average Bonchev–Trinajstić information content (AvgIpc) is 2.74. The molecule has 6 nitrogen and oxygen atoms in total. The number of ether oxygens (including phenoxy) is 1. The van der Waals surface area contributed by atoms with Crippen molar-refractivity contribution in [3.05, 3.63) is 63.8 Å². The second kappa shape index (κ2) is 14.2. The van der Waals surface area contributed by atoms with Crippen molar-refractivity contribution < 1.29 is 23.8 Å². The Labute approximate surface area is 184 Å². The van der Waals surface area contributed by atoms with E-state index in [9.17, 15) is 19.5 Å². The van der Waals surface area contributed by atoms with Crippen LogP contribution in [0.3, 0.4) is 0 Å². The molecule has 31 heavy (non-hydrogen) atoms. The molecule has 1 heterocycles. The number of aromatic hydroxyl groups is 1. The van der Waals surface area contributed by atoms with Crippen LogP contribution in [0, 0.1) is 0 Å². The molecule has 0 aliphatic rings. The lowest BCUT2D eigenvalue weighted by Gasteiger charge is -2.11. The van der Waals surface area contributed by atoms with Gasteiger partial charge in [-0.3, -0.25) is 9.59 Å². The minimum absolute atomic E-state index is 0.145. The zero-order chi connectivity index (χ0) is 23.2. The van der Waals surface area contributed by atoms with Crippen LogP contribution in [0.25, 0.3) is 0 Å². The number of Topliss-reactive ketones (excluding diaryl/α,β-unsaturated/α-hetero) is 1. The monoisotopic (exact) mass is 430 g/mol. The van der Waals surface area contributed by atoms with Crippen LogP contribution < -0.4 is 5.63 Å². The largest absolute Gasteiger partial charge is 0.507 e. The van der Waals surface area contributed by atoms with Gasteiger partial charge in [0, 0.05) is 12.0 Å². The van der Waals surface area contributed by atoms with Gasteiger partial charge in [0.2, 0.25) is 0 Å². The molecule has 0 saturated heterocycles. The van der Waals surface area contributed by atoms with E-state index in [1.54, 1.807) is 25.2 Å². The Kier molecular flexibility index (Phi) is 12.0. The molecule has 1 N–H and O–H groups in total. The van der Waals surface area contributed by atoms with Gasteiger partial charge in [0.05, 0.1) is 13.5 Å². The summed E-state index contributed by atoms with van der Waals surface area (Å²) in [6.45, 7) is 5.61. The quantitative estimate of drug-likeness (QED) is 0.109. The summed E-state index contributed by atoms with van der Waals surface area (Å²) < 4.78 is 9.88. The van der Waals surface area contributed by atoms with Gasteiger partial charge in [-0.15, -0.1) is 0 Å². The third-order valence-electron chi connectivity index (χ3n) is 4.92. The molecule has 0 amide bonds. The summed E-state index contributed by atoms with van der Waals surface area (Å²) in [5, 5.41) is 10.3. The fraction of sp³-hybridized carbons (Fsp3) is 0.480. The molecule has 1 aromatic heterocycles. The van der Waals surface area contributed by atoms with E-state index < -0.39 is 11.4 Å². The van der Waals surface area contributed by atoms with E-state index >= 15 is 0 Å². The Morgan fingerprint density at radius 1 is 1.19 bits per heavy atom.